The number of amides is 2. The highest BCUT2D eigenvalue weighted by Gasteiger charge is 2.30. The first-order valence-corrected chi connectivity index (χ1v) is 9.66. The van der Waals surface area contributed by atoms with Crippen LogP contribution in [0.15, 0.2) is 24.3 Å². The predicted molar refractivity (Wildman–Crippen MR) is 105 cm³/mol. The molecule has 1 N–H and O–H groups in total. The summed E-state index contributed by atoms with van der Waals surface area (Å²) in [5.74, 6) is -0.756. The molecule has 1 aromatic heterocycles. The topological polar surface area (TPSA) is 67.2 Å². The van der Waals surface area contributed by atoms with E-state index >= 15 is 0 Å². The van der Waals surface area contributed by atoms with Crippen LogP contribution < -0.4 is 5.32 Å². The zero-order chi connectivity index (χ0) is 20.5. The van der Waals surface area contributed by atoms with E-state index in [-0.39, 0.29) is 29.7 Å². The van der Waals surface area contributed by atoms with Gasteiger partial charge in [0.2, 0.25) is 5.91 Å². The van der Waals surface area contributed by atoms with Crippen LogP contribution in [0.25, 0.3) is 5.69 Å². The number of hydrogen-bond acceptors (Lipinski definition) is 3. The maximum atomic E-state index is 13.3. The first-order valence-electron chi connectivity index (χ1n) is 9.66. The van der Waals surface area contributed by atoms with E-state index in [0.29, 0.717) is 12.2 Å². The molecule has 0 saturated carbocycles. The Labute approximate surface area is 164 Å². The molecule has 6 nitrogen and oxygen atoms in total. The monoisotopic (exact) mass is 386 g/mol. The van der Waals surface area contributed by atoms with Gasteiger partial charge in [0.15, 0.2) is 5.69 Å². The van der Waals surface area contributed by atoms with Crippen molar-refractivity contribution >= 4 is 11.8 Å². The molecule has 0 spiro atoms. The van der Waals surface area contributed by atoms with Crippen molar-refractivity contribution in [2.24, 2.45) is 0 Å². The number of nitrogens with zero attached hydrogens (tertiary/aromatic N) is 3. The Morgan fingerprint density at radius 1 is 1.21 bits per heavy atom. The number of carbonyl (C=O) groups excluding carboxylic acids is 2. The molecule has 0 unspecified atom stereocenters. The molecule has 28 heavy (non-hydrogen) atoms. The largest absolute Gasteiger partial charge is 0.350 e. The molecule has 1 aliphatic rings. The fourth-order valence-electron chi connectivity index (χ4n) is 3.51. The van der Waals surface area contributed by atoms with Gasteiger partial charge < -0.3 is 10.2 Å². The fourth-order valence-corrected chi connectivity index (χ4v) is 3.51. The second kappa shape index (κ2) is 7.73. The highest BCUT2D eigenvalue weighted by atomic mass is 19.1. The van der Waals surface area contributed by atoms with Crippen molar-refractivity contribution < 1.29 is 14.0 Å². The fraction of sp³-hybridized carbons (Fsp3) is 0.476. The van der Waals surface area contributed by atoms with Crippen LogP contribution in [0.3, 0.4) is 0 Å². The average Bonchev–Trinajstić information content (AvgIpc) is 3.21. The third-order valence-corrected chi connectivity index (χ3v) is 4.72. The quantitative estimate of drug-likeness (QED) is 0.859. The molecule has 0 atom stereocenters. The number of benzene rings is 1. The minimum Gasteiger partial charge on any atom is -0.350 e. The number of nitrogens with one attached hydrogen (secondary N) is 1. The van der Waals surface area contributed by atoms with Gasteiger partial charge in [-0.2, -0.15) is 5.10 Å². The van der Waals surface area contributed by atoms with Gasteiger partial charge in [-0.25, -0.2) is 9.07 Å². The molecule has 0 bridgehead atoms. The Morgan fingerprint density at radius 3 is 2.50 bits per heavy atom. The lowest BCUT2D eigenvalue weighted by atomic mass is 10.1. The minimum absolute atomic E-state index is 0.00914. The van der Waals surface area contributed by atoms with Gasteiger partial charge >= 0.3 is 0 Å². The van der Waals surface area contributed by atoms with Gasteiger partial charge in [-0.3, -0.25) is 9.59 Å². The second-order valence-corrected chi connectivity index (χ2v) is 8.13. The van der Waals surface area contributed by atoms with E-state index in [1.165, 1.54) is 17.0 Å². The molecule has 1 aromatic carbocycles. The molecule has 3 rings (SSSR count). The van der Waals surface area contributed by atoms with Gasteiger partial charge in [-0.05, 0) is 71.2 Å². The number of carbonyl (C=O) groups is 2. The summed E-state index contributed by atoms with van der Waals surface area (Å²) in [5.41, 5.74) is 2.69. The highest BCUT2D eigenvalue weighted by Crippen LogP contribution is 2.28. The van der Waals surface area contributed by atoms with E-state index in [2.05, 4.69) is 10.4 Å². The zero-order valence-electron chi connectivity index (χ0n) is 16.9. The van der Waals surface area contributed by atoms with Crippen molar-refractivity contribution in [2.75, 3.05) is 13.1 Å². The van der Waals surface area contributed by atoms with Crippen molar-refractivity contribution in [2.45, 2.75) is 52.5 Å². The van der Waals surface area contributed by atoms with E-state index in [1.54, 1.807) is 16.8 Å². The summed E-state index contributed by atoms with van der Waals surface area (Å²) in [6.45, 7) is 7.96. The van der Waals surface area contributed by atoms with E-state index in [1.807, 2.05) is 27.7 Å². The standard InChI is InChI=1S/C21H27FN4O2/c1-5-25(13-18(27)23-21(2,3)4)20(28)19-16-7-6-8-17(16)26(24-19)15-11-9-14(22)10-12-15/h9-12H,5-8,13H2,1-4H3,(H,23,27). The number of halogens is 1. The van der Waals surface area contributed by atoms with Crippen LogP contribution in [0.4, 0.5) is 4.39 Å². The van der Waals surface area contributed by atoms with Crippen LogP contribution in [0, 0.1) is 5.82 Å². The van der Waals surface area contributed by atoms with Crippen molar-refractivity contribution in [3.05, 3.63) is 47.0 Å². The number of fused-ring (bicyclic) bond motifs is 1. The molecule has 1 aliphatic carbocycles. The average molecular weight is 386 g/mol. The van der Waals surface area contributed by atoms with Gasteiger partial charge in [0.05, 0.1) is 12.2 Å². The van der Waals surface area contributed by atoms with Crippen molar-refractivity contribution in [1.82, 2.24) is 20.0 Å². The summed E-state index contributed by atoms with van der Waals surface area (Å²) < 4.78 is 15.0. The van der Waals surface area contributed by atoms with Crippen LogP contribution in [0.1, 0.15) is 55.9 Å². The first-order chi connectivity index (χ1) is 13.2. The first kappa shape index (κ1) is 20.0. The molecule has 0 fully saturated rings. The molecule has 7 heteroatoms. The van der Waals surface area contributed by atoms with Crippen LogP contribution in [0.2, 0.25) is 0 Å². The van der Waals surface area contributed by atoms with Crippen LogP contribution in [0.5, 0.6) is 0 Å². The third kappa shape index (κ3) is 4.24. The SMILES string of the molecule is CCN(CC(=O)NC(C)(C)C)C(=O)c1nn(-c2ccc(F)cc2)c2c1CCC2. The molecular weight excluding hydrogens is 359 g/mol. The lowest BCUT2D eigenvalue weighted by Gasteiger charge is -2.24. The summed E-state index contributed by atoms with van der Waals surface area (Å²) in [5, 5.41) is 7.44. The van der Waals surface area contributed by atoms with E-state index in [4.69, 9.17) is 0 Å². The van der Waals surface area contributed by atoms with E-state index < -0.39 is 0 Å². The summed E-state index contributed by atoms with van der Waals surface area (Å²) in [6.07, 6.45) is 2.55. The number of rotatable bonds is 5. The summed E-state index contributed by atoms with van der Waals surface area (Å²) in [6, 6.07) is 6.08. The normalized spacial score (nSPS) is 13.3. The van der Waals surface area contributed by atoms with Gasteiger partial charge in [0.1, 0.15) is 5.82 Å². The minimum atomic E-state index is -0.356. The number of likely N-dealkylation sites (N-methyl/N-ethyl adjacent to an activating group) is 1. The summed E-state index contributed by atoms with van der Waals surface area (Å²) >= 11 is 0. The molecule has 2 amide bonds. The molecule has 0 saturated heterocycles. The summed E-state index contributed by atoms with van der Waals surface area (Å²) in [7, 11) is 0. The van der Waals surface area contributed by atoms with Gasteiger partial charge in [-0.1, -0.05) is 0 Å². The Bertz CT molecular complexity index is 881. The highest BCUT2D eigenvalue weighted by molar-refractivity contribution is 5.96. The van der Waals surface area contributed by atoms with Crippen LogP contribution in [-0.2, 0) is 17.6 Å². The smallest absolute Gasteiger partial charge is 0.275 e. The Morgan fingerprint density at radius 2 is 1.89 bits per heavy atom. The van der Waals surface area contributed by atoms with E-state index in [9.17, 15) is 14.0 Å². The molecule has 0 radical (unpaired) electrons. The van der Waals surface area contributed by atoms with E-state index in [0.717, 1.165) is 36.2 Å². The van der Waals surface area contributed by atoms with Crippen molar-refractivity contribution in [3.63, 3.8) is 0 Å². The maximum absolute atomic E-state index is 13.3. The van der Waals surface area contributed by atoms with Crippen LogP contribution >= 0.6 is 0 Å². The molecule has 0 aliphatic heterocycles. The van der Waals surface area contributed by atoms with Crippen LogP contribution in [-0.4, -0.2) is 45.1 Å². The summed E-state index contributed by atoms with van der Waals surface area (Å²) in [4.78, 5) is 26.9. The second-order valence-electron chi connectivity index (χ2n) is 8.13. The third-order valence-electron chi connectivity index (χ3n) is 4.72. The maximum Gasteiger partial charge on any atom is 0.275 e. The Balaban J connectivity index is 1.88. The van der Waals surface area contributed by atoms with Crippen molar-refractivity contribution in [1.29, 1.82) is 0 Å². The number of aromatic nitrogens is 2. The molecule has 150 valence electrons. The predicted octanol–water partition coefficient (Wildman–Crippen LogP) is 2.88. The lowest BCUT2D eigenvalue weighted by Crippen LogP contribution is -2.47. The van der Waals surface area contributed by atoms with Gasteiger partial charge in [0, 0.05) is 23.3 Å². The van der Waals surface area contributed by atoms with Crippen molar-refractivity contribution in [3.8, 4) is 5.69 Å². The zero-order valence-corrected chi connectivity index (χ0v) is 16.9. The number of hydrogen-bond donors (Lipinski definition) is 1. The molecule has 1 heterocycles. The van der Waals surface area contributed by atoms with Gasteiger partial charge in [0.25, 0.3) is 5.91 Å². The Kier molecular flexibility index (Phi) is 5.54. The molecular formula is C21H27FN4O2. The van der Waals surface area contributed by atoms with Gasteiger partial charge in [-0.15, -0.1) is 0 Å². The lowest BCUT2D eigenvalue weighted by molar-refractivity contribution is -0.123. The Hall–Kier alpha value is -2.70. The molecule has 2 aromatic rings.